The van der Waals surface area contributed by atoms with E-state index in [2.05, 4.69) is 15.4 Å². The Labute approximate surface area is 158 Å². The van der Waals surface area contributed by atoms with Crippen molar-refractivity contribution < 1.29 is 31.5 Å². The number of carbonyl (C=O) groups is 1. The minimum atomic E-state index is -3.85. The lowest BCUT2D eigenvalue weighted by Crippen LogP contribution is -2.42. The number of ether oxygens (including phenoxy) is 1. The number of hydrogen-bond donors (Lipinski definition) is 4. The van der Waals surface area contributed by atoms with E-state index in [-0.39, 0.29) is 41.1 Å². The first-order valence-electron chi connectivity index (χ1n) is 8.11. The second-order valence-electron chi connectivity index (χ2n) is 6.15. The first-order chi connectivity index (χ1) is 12.5. The summed E-state index contributed by atoms with van der Waals surface area (Å²) in [5.41, 5.74) is 0.227. The molecule has 0 unspecified atom stereocenters. The van der Waals surface area contributed by atoms with Crippen molar-refractivity contribution in [2.24, 2.45) is 0 Å². The monoisotopic (exact) mass is 421 g/mol. The standard InChI is InChI=1S/C15H23N3O7S2/c1-10(19)18-12-7-11(3-4-15(12)25-2)27(23,24)17-6-5-16-13-8-26(21,22)9-14(13)20/h3-4,7,13-14,16-17,20H,5-6,8-9H2,1-2H3,(H,18,19)/t13-,14+/m0/s1. The lowest BCUT2D eigenvalue weighted by atomic mass is 10.2. The molecule has 0 aliphatic carbocycles. The molecular formula is C15H23N3O7S2. The highest BCUT2D eigenvalue weighted by Crippen LogP contribution is 2.27. The fraction of sp³-hybridized carbons (Fsp3) is 0.533. The van der Waals surface area contributed by atoms with Crippen LogP contribution in [0.1, 0.15) is 6.92 Å². The third-order valence-corrected chi connectivity index (χ3v) is 7.11. The summed E-state index contributed by atoms with van der Waals surface area (Å²) in [5, 5.41) is 15.0. The first-order valence-corrected chi connectivity index (χ1v) is 11.4. The van der Waals surface area contributed by atoms with Crippen LogP contribution in [0.5, 0.6) is 5.75 Å². The number of rotatable bonds is 8. The number of aliphatic hydroxyl groups excluding tert-OH is 1. The molecule has 2 rings (SSSR count). The van der Waals surface area contributed by atoms with E-state index < -0.39 is 32.0 Å². The SMILES string of the molecule is COc1ccc(S(=O)(=O)NCCN[C@H]2CS(=O)(=O)C[C@H]2O)cc1NC(C)=O. The molecule has 152 valence electrons. The molecular weight excluding hydrogens is 398 g/mol. The third-order valence-electron chi connectivity index (χ3n) is 3.94. The van der Waals surface area contributed by atoms with Gasteiger partial charge in [-0.1, -0.05) is 0 Å². The van der Waals surface area contributed by atoms with E-state index in [9.17, 15) is 26.7 Å². The molecule has 1 fully saturated rings. The molecule has 1 saturated heterocycles. The van der Waals surface area contributed by atoms with Gasteiger partial charge >= 0.3 is 0 Å². The van der Waals surface area contributed by atoms with Crippen LogP contribution in [0.3, 0.4) is 0 Å². The molecule has 2 atom stereocenters. The quantitative estimate of drug-likeness (QED) is 0.377. The predicted molar refractivity (Wildman–Crippen MR) is 98.9 cm³/mol. The Hall–Kier alpha value is -1.73. The van der Waals surface area contributed by atoms with Crippen molar-refractivity contribution in [3.8, 4) is 5.75 Å². The van der Waals surface area contributed by atoms with Crippen LogP contribution in [-0.4, -0.2) is 71.7 Å². The molecule has 1 heterocycles. The van der Waals surface area contributed by atoms with Gasteiger partial charge in [0.15, 0.2) is 9.84 Å². The molecule has 4 N–H and O–H groups in total. The van der Waals surface area contributed by atoms with Gasteiger partial charge in [-0.05, 0) is 18.2 Å². The number of aliphatic hydroxyl groups is 1. The van der Waals surface area contributed by atoms with Crippen LogP contribution in [0.15, 0.2) is 23.1 Å². The number of benzene rings is 1. The summed E-state index contributed by atoms with van der Waals surface area (Å²) in [6.45, 7) is 1.43. The lowest BCUT2D eigenvalue weighted by Gasteiger charge is -2.15. The predicted octanol–water partition coefficient (Wildman–Crippen LogP) is -1.32. The smallest absolute Gasteiger partial charge is 0.240 e. The molecule has 1 amide bonds. The summed E-state index contributed by atoms with van der Waals surface area (Å²) < 4.78 is 55.1. The largest absolute Gasteiger partial charge is 0.495 e. The van der Waals surface area contributed by atoms with Gasteiger partial charge in [0.05, 0.1) is 35.3 Å². The highest BCUT2D eigenvalue weighted by Gasteiger charge is 2.35. The van der Waals surface area contributed by atoms with Crippen LogP contribution in [0, 0.1) is 0 Å². The Kier molecular flexibility index (Phi) is 6.81. The summed E-state index contributed by atoms with van der Waals surface area (Å²) >= 11 is 0. The summed E-state index contributed by atoms with van der Waals surface area (Å²) in [4.78, 5) is 11.2. The Morgan fingerprint density at radius 2 is 2.00 bits per heavy atom. The zero-order chi connectivity index (χ0) is 20.2. The molecule has 27 heavy (non-hydrogen) atoms. The number of nitrogens with one attached hydrogen (secondary N) is 3. The fourth-order valence-corrected chi connectivity index (χ4v) is 5.53. The van der Waals surface area contributed by atoms with Gasteiger partial charge in [-0.15, -0.1) is 0 Å². The second kappa shape index (κ2) is 8.52. The van der Waals surface area contributed by atoms with E-state index in [1.54, 1.807) is 0 Å². The van der Waals surface area contributed by atoms with Crippen molar-refractivity contribution in [2.75, 3.05) is 37.0 Å². The van der Waals surface area contributed by atoms with Crippen molar-refractivity contribution in [1.29, 1.82) is 0 Å². The number of carbonyl (C=O) groups excluding carboxylic acids is 1. The van der Waals surface area contributed by atoms with E-state index in [0.717, 1.165) is 0 Å². The molecule has 0 radical (unpaired) electrons. The Balaban J connectivity index is 1.97. The van der Waals surface area contributed by atoms with E-state index in [1.165, 1.54) is 32.2 Å². The molecule has 12 heteroatoms. The first kappa shape index (κ1) is 21.6. The van der Waals surface area contributed by atoms with Gasteiger partial charge < -0.3 is 20.5 Å². The minimum Gasteiger partial charge on any atom is -0.495 e. The molecule has 0 bridgehead atoms. The number of methoxy groups -OCH3 is 1. The lowest BCUT2D eigenvalue weighted by molar-refractivity contribution is -0.114. The molecule has 0 spiro atoms. The summed E-state index contributed by atoms with van der Waals surface area (Å²) in [6, 6.07) is 3.43. The number of amides is 1. The van der Waals surface area contributed by atoms with E-state index in [4.69, 9.17) is 4.74 Å². The zero-order valence-corrected chi connectivity index (χ0v) is 16.6. The minimum absolute atomic E-state index is 0.00684. The van der Waals surface area contributed by atoms with Gasteiger partial charge in [-0.25, -0.2) is 21.6 Å². The Bertz CT molecular complexity index is 900. The zero-order valence-electron chi connectivity index (χ0n) is 14.9. The van der Waals surface area contributed by atoms with Crippen molar-refractivity contribution >= 4 is 31.5 Å². The van der Waals surface area contributed by atoms with Crippen molar-refractivity contribution in [3.63, 3.8) is 0 Å². The fourth-order valence-electron chi connectivity index (χ4n) is 2.69. The summed E-state index contributed by atoms with van der Waals surface area (Å²) in [6.07, 6.45) is -1.01. The van der Waals surface area contributed by atoms with Crippen molar-refractivity contribution in [1.82, 2.24) is 10.0 Å². The van der Waals surface area contributed by atoms with Crippen LogP contribution in [0.25, 0.3) is 0 Å². The number of sulfonamides is 1. The second-order valence-corrected chi connectivity index (χ2v) is 10.1. The van der Waals surface area contributed by atoms with Crippen LogP contribution >= 0.6 is 0 Å². The molecule has 1 aliphatic rings. The number of sulfone groups is 1. The Morgan fingerprint density at radius 1 is 1.30 bits per heavy atom. The molecule has 1 aromatic rings. The van der Waals surface area contributed by atoms with Crippen LogP contribution in [-0.2, 0) is 24.7 Å². The third kappa shape index (κ3) is 5.87. The van der Waals surface area contributed by atoms with E-state index >= 15 is 0 Å². The van der Waals surface area contributed by atoms with Crippen LogP contribution in [0.4, 0.5) is 5.69 Å². The van der Waals surface area contributed by atoms with E-state index in [0.29, 0.717) is 5.75 Å². The van der Waals surface area contributed by atoms with Crippen LogP contribution in [0.2, 0.25) is 0 Å². The average molecular weight is 421 g/mol. The molecule has 0 aromatic heterocycles. The molecule has 1 aliphatic heterocycles. The Morgan fingerprint density at radius 3 is 2.56 bits per heavy atom. The normalized spacial score (nSPS) is 21.7. The number of anilines is 1. The van der Waals surface area contributed by atoms with Gasteiger partial charge in [-0.3, -0.25) is 4.79 Å². The maximum absolute atomic E-state index is 12.4. The van der Waals surface area contributed by atoms with Gasteiger partial charge in [-0.2, -0.15) is 0 Å². The van der Waals surface area contributed by atoms with Crippen LogP contribution < -0.4 is 20.1 Å². The maximum atomic E-state index is 12.4. The summed E-state index contributed by atoms with van der Waals surface area (Å²) in [7, 11) is -5.73. The van der Waals surface area contributed by atoms with Gasteiger partial charge in [0.1, 0.15) is 5.75 Å². The topological polar surface area (TPSA) is 151 Å². The molecule has 10 nitrogen and oxygen atoms in total. The van der Waals surface area contributed by atoms with Gasteiger partial charge in [0.25, 0.3) is 0 Å². The number of hydrogen-bond acceptors (Lipinski definition) is 8. The maximum Gasteiger partial charge on any atom is 0.240 e. The molecule has 0 saturated carbocycles. The van der Waals surface area contributed by atoms with Crippen molar-refractivity contribution in [2.45, 2.75) is 24.0 Å². The van der Waals surface area contributed by atoms with Gasteiger partial charge in [0.2, 0.25) is 15.9 Å². The molecule has 1 aromatic carbocycles. The highest BCUT2D eigenvalue weighted by molar-refractivity contribution is 7.91. The average Bonchev–Trinajstić information content (AvgIpc) is 2.83. The van der Waals surface area contributed by atoms with E-state index in [1.807, 2.05) is 0 Å². The summed E-state index contributed by atoms with van der Waals surface area (Å²) in [5.74, 6) is -0.527. The van der Waals surface area contributed by atoms with Crippen molar-refractivity contribution in [3.05, 3.63) is 18.2 Å². The highest BCUT2D eigenvalue weighted by atomic mass is 32.2. The van der Waals surface area contributed by atoms with Gasteiger partial charge in [0, 0.05) is 26.1 Å².